The van der Waals surface area contributed by atoms with E-state index >= 15 is 0 Å². The number of hydrogen-bond acceptors (Lipinski definition) is 6. The number of carbonyl (C=O) groups is 1. The molecule has 0 aliphatic carbocycles. The van der Waals surface area contributed by atoms with Gasteiger partial charge in [0.15, 0.2) is 0 Å². The van der Waals surface area contributed by atoms with Gasteiger partial charge >= 0.3 is 5.97 Å². The fourth-order valence-corrected chi connectivity index (χ4v) is 2.80. The Labute approximate surface area is 180 Å². The molecule has 0 radical (unpaired) electrons. The number of hydrogen-bond donors (Lipinski definition) is 1. The lowest BCUT2D eigenvalue weighted by Crippen LogP contribution is -2.14. The van der Waals surface area contributed by atoms with Crippen molar-refractivity contribution in [3.05, 3.63) is 89.6 Å². The lowest BCUT2D eigenvalue weighted by Gasteiger charge is -2.10. The summed E-state index contributed by atoms with van der Waals surface area (Å²) in [7, 11) is 1.50. The van der Waals surface area contributed by atoms with Crippen LogP contribution in [0.3, 0.4) is 0 Å². The van der Waals surface area contributed by atoms with Crippen LogP contribution in [0.5, 0.6) is 11.6 Å². The van der Waals surface area contributed by atoms with Gasteiger partial charge in [0.1, 0.15) is 31.8 Å². The molecule has 3 rings (SSSR count). The van der Waals surface area contributed by atoms with Crippen molar-refractivity contribution in [2.75, 3.05) is 13.7 Å². The summed E-state index contributed by atoms with van der Waals surface area (Å²) in [4.78, 5) is 19.9. The zero-order chi connectivity index (χ0) is 21.9. The summed E-state index contributed by atoms with van der Waals surface area (Å²) in [6.45, 7) is 0.594. The summed E-state index contributed by atoms with van der Waals surface area (Å²) < 4.78 is 11.5. The standard InChI is InChI=1S/C24H24N2O5/c1-29-26-22(20-5-3-2-4-6-20)17-31-23-13-9-19(15-25-23)16-30-21-11-7-18(8-12-21)10-14-24(27)28/h2-9,11-13,15H,10,14,16-17H2,1H3,(H,27,28). The van der Waals surface area contributed by atoms with E-state index in [1.807, 2.05) is 60.7 Å². The SMILES string of the molecule is CON=C(COc1ccc(COc2ccc(CCC(=O)O)cc2)cn1)c1ccccc1. The highest BCUT2D eigenvalue weighted by Gasteiger charge is 2.07. The first kappa shape index (κ1) is 21.8. The Morgan fingerprint density at radius 2 is 1.71 bits per heavy atom. The number of aliphatic carboxylic acids is 1. The van der Waals surface area contributed by atoms with Crippen molar-refractivity contribution >= 4 is 11.7 Å². The molecular formula is C24H24N2O5. The van der Waals surface area contributed by atoms with Crippen LogP contribution < -0.4 is 9.47 Å². The molecule has 160 valence electrons. The van der Waals surface area contributed by atoms with Crippen LogP contribution in [0.25, 0.3) is 0 Å². The highest BCUT2D eigenvalue weighted by molar-refractivity contribution is 6.01. The van der Waals surface area contributed by atoms with E-state index in [1.165, 1.54) is 7.11 Å². The Morgan fingerprint density at radius 3 is 2.35 bits per heavy atom. The van der Waals surface area contributed by atoms with Crippen molar-refractivity contribution < 1.29 is 24.2 Å². The predicted molar refractivity (Wildman–Crippen MR) is 116 cm³/mol. The first-order chi connectivity index (χ1) is 15.1. The van der Waals surface area contributed by atoms with E-state index in [4.69, 9.17) is 19.4 Å². The minimum atomic E-state index is -0.803. The van der Waals surface area contributed by atoms with Crippen LogP contribution in [0.1, 0.15) is 23.1 Å². The van der Waals surface area contributed by atoms with Crippen LogP contribution in [0, 0.1) is 0 Å². The molecule has 7 nitrogen and oxygen atoms in total. The summed E-state index contributed by atoms with van der Waals surface area (Å²) in [6, 6.07) is 20.8. The van der Waals surface area contributed by atoms with E-state index in [0.717, 1.165) is 16.7 Å². The van der Waals surface area contributed by atoms with Crippen LogP contribution in [0.4, 0.5) is 0 Å². The fourth-order valence-electron chi connectivity index (χ4n) is 2.80. The molecule has 0 saturated heterocycles. The van der Waals surface area contributed by atoms with Gasteiger partial charge in [0.25, 0.3) is 0 Å². The zero-order valence-electron chi connectivity index (χ0n) is 17.2. The molecule has 0 fully saturated rings. The topological polar surface area (TPSA) is 90.2 Å². The Bertz CT molecular complexity index is 987. The van der Waals surface area contributed by atoms with Crippen molar-refractivity contribution in [2.24, 2.45) is 5.16 Å². The molecule has 0 aliphatic rings. The van der Waals surface area contributed by atoms with Gasteiger partial charge in [-0.3, -0.25) is 4.79 Å². The Hall–Kier alpha value is -3.87. The number of nitrogens with zero attached hydrogens (tertiary/aromatic N) is 2. The van der Waals surface area contributed by atoms with Crippen LogP contribution in [0.15, 0.2) is 78.1 Å². The number of benzene rings is 2. The quantitative estimate of drug-likeness (QED) is 0.371. The smallest absolute Gasteiger partial charge is 0.303 e. The summed E-state index contributed by atoms with van der Waals surface area (Å²) >= 11 is 0. The van der Waals surface area contributed by atoms with Crippen molar-refractivity contribution in [3.8, 4) is 11.6 Å². The summed E-state index contributed by atoms with van der Waals surface area (Å²) in [6.07, 6.45) is 2.32. The lowest BCUT2D eigenvalue weighted by molar-refractivity contribution is -0.136. The van der Waals surface area contributed by atoms with Gasteiger partial charge in [-0.15, -0.1) is 0 Å². The number of aryl methyl sites for hydroxylation is 1. The number of carboxylic acids is 1. The number of pyridine rings is 1. The van der Waals surface area contributed by atoms with Crippen LogP contribution in [-0.4, -0.2) is 35.5 Å². The molecule has 0 amide bonds. The minimum Gasteiger partial charge on any atom is -0.489 e. The van der Waals surface area contributed by atoms with Gasteiger partial charge in [-0.05, 0) is 30.2 Å². The molecule has 0 aliphatic heterocycles. The van der Waals surface area contributed by atoms with Gasteiger partial charge in [-0.2, -0.15) is 0 Å². The summed E-state index contributed by atoms with van der Waals surface area (Å²) in [5, 5.41) is 12.8. The van der Waals surface area contributed by atoms with Gasteiger partial charge in [0.05, 0.1) is 0 Å². The van der Waals surface area contributed by atoms with Crippen LogP contribution >= 0.6 is 0 Å². The molecule has 1 heterocycles. The molecule has 2 aromatic carbocycles. The van der Waals surface area contributed by atoms with Crippen LogP contribution in [-0.2, 0) is 22.7 Å². The molecule has 31 heavy (non-hydrogen) atoms. The second kappa shape index (κ2) is 11.3. The van der Waals surface area contributed by atoms with Crippen molar-refractivity contribution in [3.63, 3.8) is 0 Å². The Morgan fingerprint density at radius 1 is 0.968 bits per heavy atom. The molecule has 1 aromatic heterocycles. The third-order valence-electron chi connectivity index (χ3n) is 4.42. The average Bonchev–Trinajstić information content (AvgIpc) is 2.81. The minimum absolute atomic E-state index is 0.116. The molecule has 7 heteroatoms. The van der Waals surface area contributed by atoms with E-state index in [-0.39, 0.29) is 13.0 Å². The second-order valence-electron chi connectivity index (χ2n) is 6.71. The zero-order valence-corrected chi connectivity index (χ0v) is 17.2. The molecule has 0 atom stereocenters. The van der Waals surface area contributed by atoms with E-state index in [2.05, 4.69) is 10.1 Å². The number of oxime groups is 1. The average molecular weight is 420 g/mol. The van der Waals surface area contributed by atoms with Crippen molar-refractivity contribution in [1.29, 1.82) is 0 Å². The molecule has 0 saturated carbocycles. The van der Waals surface area contributed by atoms with E-state index in [0.29, 0.717) is 30.4 Å². The number of aromatic nitrogens is 1. The molecule has 0 bridgehead atoms. The lowest BCUT2D eigenvalue weighted by atomic mass is 10.1. The summed E-state index contributed by atoms with van der Waals surface area (Å²) in [5.74, 6) is 0.386. The highest BCUT2D eigenvalue weighted by Crippen LogP contribution is 2.16. The van der Waals surface area contributed by atoms with Gasteiger partial charge in [-0.1, -0.05) is 47.6 Å². The third kappa shape index (κ3) is 7.15. The monoisotopic (exact) mass is 420 g/mol. The largest absolute Gasteiger partial charge is 0.489 e. The maximum absolute atomic E-state index is 10.6. The third-order valence-corrected chi connectivity index (χ3v) is 4.42. The molecular weight excluding hydrogens is 396 g/mol. The summed E-state index contributed by atoms with van der Waals surface area (Å²) in [5.41, 5.74) is 3.45. The van der Waals surface area contributed by atoms with E-state index < -0.39 is 5.97 Å². The predicted octanol–water partition coefficient (Wildman–Crippen LogP) is 4.11. The van der Waals surface area contributed by atoms with Gasteiger partial charge < -0.3 is 19.4 Å². The maximum Gasteiger partial charge on any atom is 0.303 e. The number of ether oxygens (including phenoxy) is 2. The molecule has 1 N–H and O–H groups in total. The highest BCUT2D eigenvalue weighted by atomic mass is 16.6. The number of carboxylic acid groups (broad SMARTS) is 1. The van der Waals surface area contributed by atoms with Gasteiger partial charge in [0.2, 0.25) is 5.88 Å². The van der Waals surface area contributed by atoms with Crippen molar-refractivity contribution in [1.82, 2.24) is 4.98 Å². The fraction of sp³-hybridized carbons (Fsp3) is 0.208. The van der Waals surface area contributed by atoms with E-state index in [9.17, 15) is 4.79 Å². The maximum atomic E-state index is 10.6. The molecule has 3 aromatic rings. The van der Waals surface area contributed by atoms with Gasteiger partial charge in [-0.25, -0.2) is 4.98 Å². The normalized spacial score (nSPS) is 11.1. The van der Waals surface area contributed by atoms with Crippen LogP contribution in [0.2, 0.25) is 0 Å². The molecule has 0 spiro atoms. The first-order valence-electron chi connectivity index (χ1n) is 9.81. The van der Waals surface area contributed by atoms with Crippen molar-refractivity contribution in [2.45, 2.75) is 19.4 Å². The number of rotatable bonds is 11. The first-order valence-corrected chi connectivity index (χ1v) is 9.81. The van der Waals surface area contributed by atoms with E-state index in [1.54, 1.807) is 12.3 Å². The molecule has 0 unspecified atom stereocenters. The second-order valence-corrected chi connectivity index (χ2v) is 6.71. The Kier molecular flexibility index (Phi) is 7.99. The van der Waals surface area contributed by atoms with Gasteiger partial charge in [0, 0.05) is 29.8 Å². The Balaban J connectivity index is 1.50.